The summed E-state index contributed by atoms with van der Waals surface area (Å²) in [5.74, 6) is 0. The van der Waals surface area contributed by atoms with Crippen LogP contribution in [0.15, 0.2) is 40.7 Å². The highest BCUT2D eigenvalue weighted by atomic mass is 32.3. The standard InChI is InChI=1S/C17H24N4OS2/c1-24(2,3)15-6-4-14(5-7-15)19-16(22)20-9-11-21(12-10-20)17-18-8-13-23-17/h4-8,13H,9-12H2,1-3H3,(H,19,22). The lowest BCUT2D eigenvalue weighted by Gasteiger charge is -2.34. The average Bonchev–Trinajstić information content (AvgIpc) is 3.09. The second kappa shape index (κ2) is 7.03. The number of nitrogens with one attached hydrogen (secondary N) is 1. The van der Waals surface area contributed by atoms with E-state index in [4.69, 9.17) is 0 Å². The van der Waals surface area contributed by atoms with E-state index >= 15 is 0 Å². The molecule has 5 nitrogen and oxygen atoms in total. The Bertz CT molecular complexity index is 672. The van der Waals surface area contributed by atoms with Gasteiger partial charge in [0.15, 0.2) is 5.13 Å². The zero-order chi connectivity index (χ0) is 17.2. The van der Waals surface area contributed by atoms with Crippen LogP contribution in [0.3, 0.4) is 0 Å². The van der Waals surface area contributed by atoms with E-state index in [0.29, 0.717) is 0 Å². The van der Waals surface area contributed by atoms with Crippen LogP contribution in [0.4, 0.5) is 15.6 Å². The Morgan fingerprint density at radius 3 is 2.33 bits per heavy atom. The highest BCUT2D eigenvalue weighted by molar-refractivity contribution is 8.32. The Morgan fingerprint density at radius 2 is 1.79 bits per heavy atom. The lowest BCUT2D eigenvalue weighted by molar-refractivity contribution is 0.208. The number of hydrogen-bond acceptors (Lipinski definition) is 4. The summed E-state index contributed by atoms with van der Waals surface area (Å²) in [6.45, 7) is 3.09. The third-order valence-corrected chi connectivity index (χ3v) is 6.59. The van der Waals surface area contributed by atoms with Gasteiger partial charge in [0.05, 0.1) is 0 Å². The van der Waals surface area contributed by atoms with Crippen molar-refractivity contribution < 1.29 is 4.79 Å². The van der Waals surface area contributed by atoms with Gasteiger partial charge in [-0.3, -0.25) is 0 Å². The molecule has 0 atom stereocenters. The second-order valence-corrected chi connectivity index (χ2v) is 11.6. The highest BCUT2D eigenvalue weighted by Crippen LogP contribution is 2.45. The van der Waals surface area contributed by atoms with Crippen LogP contribution < -0.4 is 10.2 Å². The number of thiazole rings is 1. The minimum absolute atomic E-state index is 0.0235. The molecular formula is C17H24N4OS2. The molecule has 1 aliphatic heterocycles. The number of carbonyl (C=O) groups excluding carboxylic acids is 1. The minimum atomic E-state index is -0.730. The number of rotatable bonds is 3. The van der Waals surface area contributed by atoms with Crippen LogP contribution in [-0.4, -0.2) is 60.9 Å². The van der Waals surface area contributed by atoms with Crippen LogP contribution in [0.5, 0.6) is 0 Å². The molecule has 1 N–H and O–H groups in total. The quantitative estimate of drug-likeness (QED) is 0.906. The van der Waals surface area contributed by atoms with Crippen LogP contribution in [0.25, 0.3) is 0 Å². The van der Waals surface area contributed by atoms with E-state index in [1.54, 1.807) is 11.3 Å². The Labute approximate surface area is 149 Å². The summed E-state index contributed by atoms with van der Waals surface area (Å²) in [7, 11) is -0.730. The van der Waals surface area contributed by atoms with Gasteiger partial charge >= 0.3 is 6.03 Å². The van der Waals surface area contributed by atoms with Gasteiger partial charge in [0, 0.05) is 43.4 Å². The Balaban J connectivity index is 1.54. The summed E-state index contributed by atoms with van der Waals surface area (Å²) < 4.78 is 0. The van der Waals surface area contributed by atoms with Gasteiger partial charge < -0.3 is 15.1 Å². The van der Waals surface area contributed by atoms with Crippen molar-refractivity contribution in [3.8, 4) is 0 Å². The molecule has 130 valence electrons. The fourth-order valence-electron chi connectivity index (χ4n) is 2.62. The maximum atomic E-state index is 12.4. The van der Waals surface area contributed by atoms with Crippen molar-refractivity contribution in [3.63, 3.8) is 0 Å². The Hall–Kier alpha value is -1.73. The monoisotopic (exact) mass is 364 g/mol. The first-order valence-electron chi connectivity index (χ1n) is 7.92. The summed E-state index contributed by atoms with van der Waals surface area (Å²) in [4.78, 5) is 22.2. The van der Waals surface area contributed by atoms with Gasteiger partial charge in [-0.1, -0.05) is 0 Å². The van der Waals surface area contributed by atoms with Crippen molar-refractivity contribution in [1.82, 2.24) is 9.88 Å². The molecule has 1 fully saturated rings. The van der Waals surface area contributed by atoms with Crippen molar-refractivity contribution in [3.05, 3.63) is 35.8 Å². The number of anilines is 2. The van der Waals surface area contributed by atoms with E-state index in [1.165, 1.54) is 4.90 Å². The van der Waals surface area contributed by atoms with Gasteiger partial charge in [0.2, 0.25) is 0 Å². The molecule has 0 unspecified atom stereocenters. The smallest absolute Gasteiger partial charge is 0.321 e. The van der Waals surface area contributed by atoms with E-state index < -0.39 is 10.0 Å². The molecule has 24 heavy (non-hydrogen) atoms. The summed E-state index contributed by atoms with van der Waals surface area (Å²) in [6, 6.07) is 8.20. The van der Waals surface area contributed by atoms with Crippen LogP contribution in [-0.2, 0) is 0 Å². The van der Waals surface area contributed by atoms with Gasteiger partial charge in [-0.15, -0.1) is 11.3 Å². The van der Waals surface area contributed by atoms with Gasteiger partial charge in [-0.25, -0.2) is 19.8 Å². The topological polar surface area (TPSA) is 48.5 Å². The molecule has 1 aromatic carbocycles. The zero-order valence-corrected chi connectivity index (χ0v) is 16.0. The first-order chi connectivity index (χ1) is 11.4. The van der Waals surface area contributed by atoms with Gasteiger partial charge in [-0.2, -0.15) is 0 Å². The number of amides is 2. The van der Waals surface area contributed by atoms with Crippen molar-refractivity contribution in [2.75, 3.05) is 55.2 Å². The molecule has 1 aliphatic rings. The summed E-state index contributed by atoms with van der Waals surface area (Å²) in [5, 5.41) is 6.03. The number of aromatic nitrogens is 1. The number of piperazine rings is 1. The number of benzene rings is 1. The molecule has 7 heteroatoms. The fraction of sp³-hybridized carbons (Fsp3) is 0.412. The zero-order valence-electron chi connectivity index (χ0n) is 14.4. The van der Waals surface area contributed by atoms with Crippen molar-refractivity contribution in [2.45, 2.75) is 4.90 Å². The number of carbonyl (C=O) groups is 1. The molecule has 3 rings (SSSR count). The molecule has 2 aromatic rings. The molecular weight excluding hydrogens is 340 g/mol. The normalized spacial score (nSPS) is 16.1. The Morgan fingerprint density at radius 1 is 1.12 bits per heavy atom. The maximum Gasteiger partial charge on any atom is 0.321 e. The predicted molar refractivity (Wildman–Crippen MR) is 105 cm³/mol. The van der Waals surface area contributed by atoms with E-state index in [9.17, 15) is 4.79 Å². The van der Waals surface area contributed by atoms with Gasteiger partial charge in [-0.05, 0) is 47.9 Å². The predicted octanol–water partition coefficient (Wildman–Crippen LogP) is 3.55. The SMILES string of the molecule is CS(C)(C)c1ccc(NC(=O)N2CCN(c3nccs3)CC2)cc1. The summed E-state index contributed by atoms with van der Waals surface area (Å²) >= 11 is 1.64. The molecule has 2 amide bonds. The molecule has 1 aromatic heterocycles. The lowest BCUT2D eigenvalue weighted by atomic mass is 10.3. The van der Waals surface area contributed by atoms with Crippen LogP contribution in [0, 0.1) is 0 Å². The third-order valence-electron chi connectivity index (χ3n) is 4.07. The van der Waals surface area contributed by atoms with E-state index in [2.05, 4.69) is 46.1 Å². The van der Waals surface area contributed by atoms with Crippen molar-refractivity contribution in [2.24, 2.45) is 0 Å². The minimum Gasteiger partial charge on any atom is -0.345 e. The first-order valence-corrected chi connectivity index (χ1v) is 11.7. The third kappa shape index (κ3) is 4.02. The first kappa shape index (κ1) is 17.1. The number of nitrogens with zero attached hydrogens (tertiary/aromatic N) is 3. The van der Waals surface area contributed by atoms with Crippen molar-refractivity contribution in [1.29, 1.82) is 0 Å². The maximum absolute atomic E-state index is 12.4. The largest absolute Gasteiger partial charge is 0.345 e. The van der Waals surface area contributed by atoms with Gasteiger partial charge in [0.1, 0.15) is 0 Å². The molecule has 0 saturated carbocycles. The van der Waals surface area contributed by atoms with Crippen molar-refractivity contribution >= 4 is 38.2 Å². The van der Waals surface area contributed by atoms with Crippen LogP contribution in [0.1, 0.15) is 0 Å². The van der Waals surface area contributed by atoms with Crippen LogP contribution in [0.2, 0.25) is 0 Å². The van der Waals surface area contributed by atoms with E-state index in [1.807, 2.05) is 28.6 Å². The number of hydrogen-bond donors (Lipinski definition) is 1. The molecule has 0 aliphatic carbocycles. The fourth-order valence-corrected chi connectivity index (χ4v) is 4.27. The highest BCUT2D eigenvalue weighted by Gasteiger charge is 2.22. The average molecular weight is 365 g/mol. The summed E-state index contributed by atoms with van der Waals surface area (Å²) in [5.41, 5.74) is 0.856. The molecule has 1 saturated heterocycles. The number of urea groups is 1. The Kier molecular flexibility index (Phi) is 5.01. The summed E-state index contributed by atoms with van der Waals surface area (Å²) in [6.07, 6.45) is 8.62. The van der Waals surface area contributed by atoms with E-state index in [0.717, 1.165) is 37.0 Å². The second-order valence-electron chi connectivity index (χ2n) is 6.58. The molecule has 0 bridgehead atoms. The van der Waals surface area contributed by atoms with E-state index in [-0.39, 0.29) is 6.03 Å². The van der Waals surface area contributed by atoms with Crippen LogP contribution >= 0.6 is 21.4 Å². The van der Waals surface area contributed by atoms with Gasteiger partial charge in [0.25, 0.3) is 0 Å². The molecule has 0 spiro atoms. The molecule has 0 radical (unpaired) electrons. The molecule has 2 heterocycles. The lowest BCUT2D eigenvalue weighted by Crippen LogP contribution is -2.50.